The van der Waals surface area contributed by atoms with Crippen molar-refractivity contribution in [2.75, 3.05) is 13.2 Å². The first-order valence-electron chi connectivity index (χ1n) is 12.3. The largest absolute Gasteiger partial charge is 0.483 e. The summed E-state index contributed by atoms with van der Waals surface area (Å²) in [5.74, 6) is 0.497. The van der Waals surface area contributed by atoms with Crippen molar-refractivity contribution in [1.29, 1.82) is 0 Å². The predicted octanol–water partition coefficient (Wildman–Crippen LogP) is 5.75. The molecule has 3 aromatic rings. The van der Waals surface area contributed by atoms with Gasteiger partial charge in [-0.1, -0.05) is 80.0 Å². The van der Waals surface area contributed by atoms with E-state index < -0.39 is 6.04 Å². The molecule has 3 aromatic carbocycles. The van der Waals surface area contributed by atoms with Gasteiger partial charge in [-0.2, -0.15) is 0 Å². The Labute approximate surface area is 219 Å². The molecule has 0 fully saturated rings. The van der Waals surface area contributed by atoms with Crippen molar-refractivity contribution in [3.8, 4) is 5.75 Å². The fourth-order valence-electron chi connectivity index (χ4n) is 3.89. The van der Waals surface area contributed by atoms with Crippen molar-refractivity contribution >= 4 is 23.4 Å². The summed E-state index contributed by atoms with van der Waals surface area (Å²) < 4.78 is 5.95. The summed E-state index contributed by atoms with van der Waals surface area (Å²) >= 11 is 6.23. The minimum absolute atomic E-state index is 0.173. The Morgan fingerprint density at radius 1 is 0.944 bits per heavy atom. The van der Waals surface area contributed by atoms with Crippen molar-refractivity contribution in [2.24, 2.45) is 5.92 Å². The van der Waals surface area contributed by atoms with Crippen LogP contribution in [0.1, 0.15) is 36.1 Å². The lowest BCUT2D eigenvalue weighted by Gasteiger charge is -2.32. The third-order valence-corrected chi connectivity index (χ3v) is 6.13. The second kappa shape index (κ2) is 13.1. The molecule has 3 rings (SSSR count). The molecular weight excluding hydrogens is 472 g/mol. The SMILES string of the molecule is Cc1ccc(C)c(OCC(=O)N(Cc2cccc(Cl)c2)[C@@H](Cc2ccccc2)C(=O)NCC(C)C)c1. The zero-order valence-corrected chi connectivity index (χ0v) is 22.2. The normalized spacial score (nSPS) is 11.7. The Balaban J connectivity index is 1.92. The van der Waals surface area contributed by atoms with Crippen LogP contribution in [0.2, 0.25) is 5.02 Å². The summed E-state index contributed by atoms with van der Waals surface area (Å²) in [5, 5.41) is 3.60. The highest BCUT2D eigenvalue weighted by Gasteiger charge is 2.31. The third-order valence-electron chi connectivity index (χ3n) is 5.89. The number of aryl methyl sites for hydroxylation is 2. The van der Waals surface area contributed by atoms with Crippen LogP contribution in [0.5, 0.6) is 5.75 Å². The minimum atomic E-state index is -0.708. The summed E-state index contributed by atoms with van der Waals surface area (Å²) in [6, 6.07) is 22.3. The first-order valence-corrected chi connectivity index (χ1v) is 12.7. The number of carbonyl (C=O) groups excluding carboxylic acids is 2. The van der Waals surface area contributed by atoms with Gasteiger partial charge in [-0.3, -0.25) is 9.59 Å². The zero-order valence-electron chi connectivity index (χ0n) is 21.5. The maximum Gasteiger partial charge on any atom is 0.261 e. The van der Waals surface area contributed by atoms with E-state index in [4.69, 9.17) is 16.3 Å². The number of amides is 2. The summed E-state index contributed by atoms with van der Waals surface area (Å²) in [6.45, 7) is 8.60. The van der Waals surface area contributed by atoms with E-state index in [0.29, 0.717) is 23.7 Å². The number of hydrogen-bond donors (Lipinski definition) is 1. The molecule has 5 nitrogen and oxygen atoms in total. The second-order valence-electron chi connectivity index (χ2n) is 9.55. The summed E-state index contributed by atoms with van der Waals surface area (Å²) in [4.78, 5) is 28.7. The Kier molecular flexibility index (Phi) is 9.95. The lowest BCUT2D eigenvalue weighted by atomic mass is 10.0. The van der Waals surface area contributed by atoms with Gasteiger partial charge in [0, 0.05) is 24.5 Å². The summed E-state index contributed by atoms with van der Waals surface area (Å²) in [5.41, 5.74) is 3.82. The molecule has 0 spiro atoms. The molecule has 0 unspecified atom stereocenters. The Morgan fingerprint density at radius 2 is 1.67 bits per heavy atom. The lowest BCUT2D eigenvalue weighted by Crippen LogP contribution is -2.52. The van der Waals surface area contributed by atoms with Crippen LogP contribution in [0.4, 0.5) is 0 Å². The van der Waals surface area contributed by atoms with Gasteiger partial charge >= 0.3 is 0 Å². The number of ether oxygens (including phenoxy) is 1. The third kappa shape index (κ3) is 8.13. The number of carbonyl (C=O) groups is 2. The molecule has 1 N–H and O–H groups in total. The van der Waals surface area contributed by atoms with Crippen molar-refractivity contribution in [1.82, 2.24) is 10.2 Å². The van der Waals surface area contributed by atoms with E-state index in [9.17, 15) is 9.59 Å². The monoisotopic (exact) mass is 506 g/mol. The van der Waals surface area contributed by atoms with Gasteiger partial charge in [0.1, 0.15) is 11.8 Å². The molecule has 0 radical (unpaired) electrons. The van der Waals surface area contributed by atoms with Crippen LogP contribution in [-0.4, -0.2) is 35.9 Å². The number of rotatable bonds is 11. The standard InChI is InChI=1S/C30H35ClN2O3/c1-21(2)18-32-30(35)27(17-24-9-6-5-7-10-24)33(19-25-11-8-12-26(31)16-25)29(34)20-36-28-15-22(3)13-14-23(28)4/h5-16,21,27H,17-20H2,1-4H3,(H,32,35)/t27-/m0/s1. The lowest BCUT2D eigenvalue weighted by molar-refractivity contribution is -0.142. The predicted molar refractivity (Wildman–Crippen MR) is 145 cm³/mol. The summed E-state index contributed by atoms with van der Waals surface area (Å²) in [7, 11) is 0. The molecule has 190 valence electrons. The van der Waals surface area contributed by atoms with Crippen LogP contribution in [0.3, 0.4) is 0 Å². The smallest absolute Gasteiger partial charge is 0.261 e. The van der Waals surface area contributed by atoms with Crippen LogP contribution >= 0.6 is 11.6 Å². The van der Waals surface area contributed by atoms with Crippen molar-refractivity contribution in [3.05, 3.63) is 100 Å². The fraction of sp³-hybridized carbons (Fsp3) is 0.333. The van der Waals surface area contributed by atoms with Crippen molar-refractivity contribution in [3.63, 3.8) is 0 Å². The maximum absolute atomic E-state index is 13.7. The first kappa shape index (κ1) is 27.3. The van der Waals surface area contributed by atoms with Crippen molar-refractivity contribution in [2.45, 2.75) is 46.7 Å². The van der Waals surface area contributed by atoms with Gasteiger partial charge in [-0.05, 0) is 60.2 Å². The molecule has 0 bridgehead atoms. The second-order valence-corrected chi connectivity index (χ2v) is 9.99. The number of nitrogens with one attached hydrogen (secondary N) is 1. The first-order chi connectivity index (χ1) is 17.2. The molecular formula is C30H35ClN2O3. The number of hydrogen-bond acceptors (Lipinski definition) is 3. The highest BCUT2D eigenvalue weighted by molar-refractivity contribution is 6.30. The maximum atomic E-state index is 13.7. The molecule has 0 aliphatic rings. The van der Waals surface area contributed by atoms with Crippen LogP contribution in [-0.2, 0) is 22.6 Å². The quantitative estimate of drug-likeness (QED) is 0.360. The van der Waals surface area contributed by atoms with E-state index in [1.165, 1.54) is 0 Å². The molecule has 6 heteroatoms. The number of benzene rings is 3. The molecule has 0 aliphatic carbocycles. The van der Waals surface area contributed by atoms with Gasteiger partial charge in [-0.15, -0.1) is 0 Å². The van der Waals surface area contributed by atoms with Gasteiger partial charge in [0.2, 0.25) is 5.91 Å². The van der Waals surface area contributed by atoms with Crippen LogP contribution in [0, 0.1) is 19.8 Å². The van der Waals surface area contributed by atoms with Crippen molar-refractivity contribution < 1.29 is 14.3 Å². The van der Waals surface area contributed by atoms with Gasteiger partial charge in [0.05, 0.1) is 0 Å². The van der Waals surface area contributed by atoms with E-state index in [0.717, 1.165) is 22.3 Å². The summed E-state index contributed by atoms with van der Waals surface area (Å²) in [6.07, 6.45) is 0.389. The highest BCUT2D eigenvalue weighted by Crippen LogP contribution is 2.21. The van der Waals surface area contributed by atoms with E-state index in [-0.39, 0.29) is 30.9 Å². The Hall–Kier alpha value is -3.31. The minimum Gasteiger partial charge on any atom is -0.483 e. The van der Waals surface area contributed by atoms with E-state index >= 15 is 0 Å². The molecule has 0 aliphatic heterocycles. The average molecular weight is 507 g/mol. The molecule has 0 aromatic heterocycles. The van der Waals surface area contributed by atoms with E-state index in [1.807, 2.05) is 94.4 Å². The van der Waals surface area contributed by atoms with Gasteiger partial charge < -0.3 is 15.0 Å². The fourth-order valence-corrected chi connectivity index (χ4v) is 4.11. The van der Waals surface area contributed by atoms with Gasteiger partial charge in [-0.25, -0.2) is 0 Å². The van der Waals surface area contributed by atoms with Crippen LogP contribution in [0.25, 0.3) is 0 Å². The van der Waals surface area contributed by atoms with E-state index in [2.05, 4.69) is 5.32 Å². The van der Waals surface area contributed by atoms with Crippen LogP contribution < -0.4 is 10.1 Å². The topological polar surface area (TPSA) is 58.6 Å². The number of halogens is 1. The number of nitrogens with zero attached hydrogens (tertiary/aromatic N) is 1. The van der Waals surface area contributed by atoms with Gasteiger partial charge in [0.15, 0.2) is 6.61 Å². The molecule has 36 heavy (non-hydrogen) atoms. The molecule has 0 saturated carbocycles. The van der Waals surface area contributed by atoms with E-state index in [1.54, 1.807) is 11.0 Å². The Morgan fingerprint density at radius 3 is 2.36 bits per heavy atom. The van der Waals surface area contributed by atoms with Gasteiger partial charge in [0.25, 0.3) is 5.91 Å². The molecule has 0 heterocycles. The Bertz CT molecular complexity index is 1160. The highest BCUT2D eigenvalue weighted by atomic mass is 35.5. The average Bonchev–Trinajstić information content (AvgIpc) is 2.85. The molecule has 2 amide bonds. The van der Waals surface area contributed by atoms with Crippen LogP contribution in [0.15, 0.2) is 72.8 Å². The zero-order chi connectivity index (χ0) is 26.1. The molecule has 1 atom stereocenters. The molecule has 0 saturated heterocycles.